The Balaban J connectivity index is 1.57. The zero-order valence-electron chi connectivity index (χ0n) is 21.6. The number of carbonyl (C=O) groups excluding carboxylic acids is 2. The minimum Gasteiger partial charge on any atom is -0.461 e. The third-order valence-electron chi connectivity index (χ3n) is 6.29. The monoisotopic (exact) mass is 564 g/mol. The molecule has 0 unspecified atom stereocenters. The Bertz CT molecular complexity index is 1960. The van der Waals surface area contributed by atoms with E-state index >= 15 is 0 Å². The molecule has 6 rings (SSSR count). The maximum Gasteiger partial charge on any atom is 0.359 e. The summed E-state index contributed by atoms with van der Waals surface area (Å²) in [5.74, 6) is -1.59. The minimum atomic E-state index is -0.785. The van der Waals surface area contributed by atoms with E-state index in [1.54, 1.807) is 43.3 Å². The van der Waals surface area contributed by atoms with Crippen LogP contribution in [-0.2, 0) is 4.74 Å². The molecule has 0 bridgehead atoms. The summed E-state index contributed by atoms with van der Waals surface area (Å²) >= 11 is 6.02. The molecular weight excluding hydrogens is 544 g/mol. The molecule has 0 aliphatic rings. The lowest BCUT2D eigenvalue weighted by Gasteiger charge is -2.04. The van der Waals surface area contributed by atoms with Crippen molar-refractivity contribution in [2.45, 2.75) is 6.92 Å². The summed E-state index contributed by atoms with van der Waals surface area (Å²) < 4.78 is 9.12. The van der Waals surface area contributed by atoms with Crippen LogP contribution >= 0.6 is 11.6 Å². The molecule has 0 amide bonds. The van der Waals surface area contributed by atoms with Crippen LogP contribution in [0.25, 0.3) is 28.4 Å². The molecule has 0 saturated carbocycles. The molecule has 6 aromatic rings. The highest BCUT2D eigenvalue weighted by molar-refractivity contribution is 6.30. The summed E-state index contributed by atoms with van der Waals surface area (Å²) in [4.78, 5) is 45.2. The molecule has 41 heavy (non-hydrogen) atoms. The number of carbonyl (C=O) groups is 2. The number of ether oxygens (including phenoxy) is 1. The van der Waals surface area contributed by atoms with Gasteiger partial charge in [0.1, 0.15) is 0 Å². The average molecular weight is 565 g/mol. The van der Waals surface area contributed by atoms with Gasteiger partial charge >= 0.3 is 5.97 Å². The van der Waals surface area contributed by atoms with Crippen molar-refractivity contribution >= 4 is 29.1 Å². The molecule has 3 heterocycles. The molecule has 0 aliphatic carbocycles. The van der Waals surface area contributed by atoms with E-state index in [4.69, 9.17) is 21.3 Å². The van der Waals surface area contributed by atoms with E-state index in [9.17, 15) is 14.4 Å². The van der Waals surface area contributed by atoms with Gasteiger partial charge in [0.25, 0.3) is 5.56 Å². The fourth-order valence-corrected chi connectivity index (χ4v) is 4.50. The van der Waals surface area contributed by atoms with Crippen molar-refractivity contribution in [2.24, 2.45) is 0 Å². The Labute approximate surface area is 238 Å². The number of rotatable bonds is 7. The maximum atomic E-state index is 14.1. The van der Waals surface area contributed by atoms with Crippen LogP contribution in [0.3, 0.4) is 0 Å². The number of hydrogen-bond acceptors (Lipinski definition) is 7. The molecule has 0 aliphatic heterocycles. The van der Waals surface area contributed by atoms with Crippen LogP contribution in [0.1, 0.15) is 33.6 Å². The first-order valence-electron chi connectivity index (χ1n) is 12.7. The van der Waals surface area contributed by atoms with Gasteiger partial charge in [-0.05, 0) is 43.3 Å². The third kappa shape index (κ3) is 4.81. The van der Waals surface area contributed by atoms with Crippen molar-refractivity contribution in [3.05, 3.63) is 130 Å². The summed E-state index contributed by atoms with van der Waals surface area (Å²) in [7, 11) is 0. The Kier molecular flexibility index (Phi) is 6.74. The standard InChI is InChI=1S/C30H21ClN6O4/c1-2-41-29(40)26-23(18-35(33-26)21-15-13-20(31)14-16-21)27(39)28-34-37(22-11-7-4-8-12-22)30-32-24(17-25(38)36(28)30)19-9-5-3-6-10-19/h3-18H,2H2,1H3. The molecule has 3 aromatic heterocycles. The van der Waals surface area contributed by atoms with E-state index in [0.29, 0.717) is 22.1 Å². The number of aromatic nitrogens is 6. The largest absolute Gasteiger partial charge is 0.461 e. The number of halogens is 1. The highest BCUT2D eigenvalue weighted by atomic mass is 35.5. The highest BCUT2D eigenvalue weighted by Gasteiger charge is 2.30. The van der Waals surface area contributed by atoms with Crippen molar-refractivity contribution < 1.29 is 14.3 Å². The second-order valence-electron chi connectivity index (χ2n) is 8.91. The SMILES string of the molecule is CCOC(=O)c1nn(-c2ccc(Cl)cc2)cc1C(=O)c1nn(-c2ccccc2)c2nc(-c3ccccc3)cc(=O)n12. The lowest BCUT2D eigenvalue weighted by atomic mass is 10.1. The number of esters is 1. The Hall–Kier alpha value is -5.35. The predicted octanol–water partition coefficient (Wildman–Crippen LogP) is 4.79. The van der Waals surface area contributed by atoms with Crippen LogP contribution in [-0.4, -0.2) is 47.3 Å². The lowest BCUT2D eigenvalue weighted by molar-refractivity contribution is 0.0516. The molecule has 0 atom stereocenters. The molecule has 0 saturated heterocycles. The van der Waals surface area contributed by atoms with Gasteiger partial charge < -0.3 is 4.74 Å². The first-order chi connectivity index (χ1) is 19.9. The number of ketones is 1. The van der Waals surface area contributed by atoms with Crippen molar-refractivity contribution in [1.82, 2.24) is 28.9 Å². The molecule has 3 aromatic carbocycles. The number of hydrogen-bond donors (Lipinski definition) is 0. The Morgan fingerprint density at radius 1 is 0.878 bits per heavy atom. The van der Waals surface area contributed by atoms with Crippen LogP contribution in [0.2, 0.25) is 5.02 Å². The molecule has 0 fully saturated rings. The summed E-state index contributed by atoms with van der Waals surface area (Å²) in [5.41, 5.74) is 1.49. The first-order valence-corrected chi connectivity index (χ1v) is 13.0. The maximum absolute atomic E-state index is 14.1. The molecule has 202 valence electrons. The van der Waals surface area contributed by atoms with Gasteiger partial charge in [-0.1, -0.05) is 60.1 Å². The third-order valence-corrected chi connectivity index (χ3v) is 6.54. The second kappa shape index (κ2) is 10.7. The van der Waals surface area contributed by atoms with Gasteiger partial charge in [-0.15, -0.1) is 5.10 Å². The number of benzene rings is 3. The van der Waals surface area contributed by atoms with Crippen molar-refractivity contribution in [2.75, 3.05) is 6.61 Å². The normalized spacial score (nSPS) is 11.1. The first kappa shape index (κ1) is 25.9. The van der Waals surface area contributed by atoms with Gasteiger partial charge in [-0.25, -0.2) is 18.9 Å². The summed E-state index contributed by atoms with van der Waals surface area (Å²) in [5, 5.41) is 9.39. The van der Waals surface area contributed by atoms with E-state index in [0.717, 1.165) is 9.96 Å². The topological polar surface area (TPSA) is 113 Å². The zero-order chi connectivity index (χ0) is 28.5. The predicted molar refractivity (Wildman–Crippen MR) is 152 cm³/mol. The van der Waals surface area contributed by atoms with Gasteiger partial charge in [-0.3, -0.25) is 9.59 Å². The van der Waals surface area contributed by atoms with E-state index in [2.05, 4.69) is 10.2 Å². The fraction of sp³-hybridized carbons (Fsp3) is 0.0667. The smallest absolute Gasteiger partial charge is 0.359 e. The van der Waals surface area contributed by atoms with Crippen LogP contribution in [0, 0.1) is 0 Å². The van der Waals surface area contributed by atoms with Crippen molar-refractivity contribution in [3.63, 3.8) is 0 Å². The van der Waals surface area contributed by atoms with E-state index < -0.39 is 17.3 Å². The summed E-state index contributed by atoms with van der Waals surface area (Å²) in [6.45, 7) is 1.73. The Morgan fingerprint density at radius 2 is 1.56 bits per heavy atom. The van der Waals surface area contributed by atoms with Crippen LogP contribution in [0.4, 0.5) is 0 Å². The number of nitrogens with zero attached hydrogens (tertiary/aromatic N) is 6. The van der Waals surface area contributed by atoms with E-state index in [-0.39, 0.29) is 29.5 Å². The quantitative estimate of drug-likeness (QED) is 0.202. The van der Waals surface area contributed by atoms with E-state index in [1.807, 2.05) is 48.5 Å². The zero-order valence-corrected chi connectivity index (χ0v) is 22.4. The summed E-state index contributed by atoms with van der Waals surface area (Å²) in [6, 6.07) is 26.3. The van der Waals surface area contributed by atoms with Crippen molar-refractivity contribution in [1.29, 1.82) is 0 Å². The lowest BCUT2D eigenvalue weighted by Crippen LogP contribution is -2.20. The molecule has 0 spiro atoms. The van der Waals surface area contributed by atoms with Gasteiger partial charge in [0.05, 0.1) is 29.2 Å². The molecular formula is C30H21ClN6O4. The van der Waals surface area contributed by atoms with Gasteiger partial charge in [0.15, 0.2) is 5.69 Å². The van der Waals surface area contributed by atoms with Gasteiger partial charge in [0, 0.05) is 22.8 Å². The van der Waals surface area contributed by atoms with Crippen molar-refractivity contribution in [3.8, 4) is 22.6 Å². The number of fused-ring (bicyclic) bond motifs is 1. The molecule has 0 radical (unpaired) electrons. The van der Waals surface area contributed by atoms with Crippen LogP contribution in [0.15, 0.2) is 102 Å². The van der Waals surface area contributed by atoms with Crippen LogP contribution in [0.5, 0.6) is 0 Å². The molecule has 0 N–H and O–H groups in total. The molecule has 11 heteroatoms. The van der Waals surface area contributed by atoms with Gasteiger partial charge in [0.2, 0.25) is 17.4 Å². The van der Waals surface area contributed by atoms with Gasteiger partial charge in [-0.2, -0.15) is 9.78 Å². The Morgan fingerprint density at radius 3 is 2.24 bits per heavy atom. The average Bonchev–Trinajstić information content (AvgIpc) is 3.62. The molecule has 10 nitrogen and oxygen atoms in total. The van der Waals surface area contributed by atoms with E-state index in [1.165, 1.54) is 21.6 Å². The second-order valence-corrected chi connectivity index (χ2v) is 9.35. The fourth-order valence-electron chi connectivity index (χ4n) is 4.38. The summed E-state index contributed by atoms with van der Waals surface area (Å²) in [6.07, 6.45) is 1.40. The minimum absolute atomic E-state index is 0.0808. The highest BCUT2D eigenvalue weighted by Crippen LogP contribution is 2.22. The number of para-hydroxylation sites is 1. The van der Waals surface area contributed by atoms with Crippen LogP contribution < -0.4 is 5.56 Å².